The molecule has 1 amide bonds. The quantitative estimate of drug-likeness (QED) is 0.201. The minimum Gasteiger partial charge on any atom is -0.459 e. The fraction of sp³-hybridized carbons (Fsp3) is 0.400. The number of carbonyl (C=O) groups is 1. The first-order valence-corrected chi connectivity index (χ1v) is 9.19. The van der Waals surface area contributed by atoms with Crippen molar-refractivity contribution in [2.75, 3.05) is 32.1 Å². The van der Waals surface area contributed by atoms with Gasteiger partial charge in [-0.05, 0) is 49.6 Å². The van der Waals surface area contributed by atoms with Crippen molar-refractivity contribution >= 4 is 41.5 Å². The molecule has 0 atom stereocenters. The summed E-state index contributed by atoms with van der Waals surface area (Å²) in [7, 11) is 1.75. The van der Waals surface area contributed by atoms with Gasteiger partial charge in [0.05, 0.1) is 6.26 Å². The molecule has 0 aliphatic rings. The van der Waals surface area contributed by atoms with E-state index in [9.17, 15) is 4.79 Å². The van der Waals surface area contributed by atoms with Crippen LogP contribution >= 0.6 is 24.0 Å². The smallest absolute Gasteiger partial charge is 0.291 e. The number of nitrogens with zero attached hydrogens (tertiary/aromatic N) is 1. The van der Waals surface area contributed by atoms with Crippen molar-refractivity contribution in [3.05, 3.63) is 54.0 Å². The number of hydrogen-bond acceptors (Lipinski definition) is 4. The Morgan fingerprint density at radius 1 is 1.14 bits per heavy atom. The fourth-order valence-electron chi connectivity index (χ4n) is 2.39. The molecule has 0 aliphatic carbocycles. The summed E-state index contributed by atoms with van der Waals surface area (Å²) in [6.07, 6.45) is 3.54. The van der Waals surface area contributed by atoms with Crippen LogP contribution in [0.2, 0.25) is 0 Å². The first-order chi connectivity index (χ1) is 13.2. The molecule has 0 fully saturated rings. The normalized spacial score (nSPS) is 10.9. The van der Waals surface area contributed by atoms with Crippen molar-refractivity contribution in [3.8, 4) is 0 Å². The lowest BCUT2D eigenvalue weighted by Crippen LogP contribution is -2.37. The molecule has 0 saturated heterocycles. The molecule has 0 saturated carbocycles. The predicted molar refractivity (Wildman–Crippen MR) is 122 cm³/mol. The van der Waals surface area contributed by atoms with E-state index in [1.807, 2.05) is 31.2 Å². The summed E-state index contributed by atoms with van der Waals surface area (Å²) in [6, 6.07) is 11.0. The Balaban J connectivity index is 0.00000392. The van der Waals surface area contributed by atoms with Crippen molar-refractivity contribution in [1.29, 1.82) is 0 Å². The minimum atomic E-state index is -0.264. The van der Waals surface area contributed by atoms with Crippen LogP contribution in [0.1, 0.15) is 35.9 Å². The molecule has 154 valence electrons. The zero-order chi connectivity index (χ0) is 19.3. The van der Waals surface area contributed by atoms with Crippen LogP contribution in [-0.4, -0.2) is 38.7 Å². The van der Waals surface area contributed by atoms with Crippen LogP contribution in [0.4, 0.5) is 5.69 Å². The lowest BCUT2D eigenvalue weighted by atomic mass is 10.2. The third-order valence-corrected chi connectivity index (χ3v) is 3.85. The third kappa shape index (κ3) is 8.75. The van der Waals surface area contributed by atoms with Crippen molar-refractivity contribution in [2.45, 2.75) is 26.3 Å². The van der Waals surface area contributed by atoms with Crippen LogP contribution < -0.4 is 16.0 Å². The number of rotatable bonds is 10. The van der Waals surface area contributed by atoms with Gasteiger partial charge in [-0.3, -0.25) is 9.79 Å². The van der Waals surface area contributed by atoms with Gasteiger partial charge in [0.1, 0.15) is 0 Å². The zero-order valence-electron chi connectivity index (χ0n) is 16.4. The standard InChI is InChI=1S/C20H28N4O3.HI/c1-3-26-13-5-4-12-22-20(21-2)23-15-16-8-10-17(11-9-16)24-19(25)18-7-6-14-27-18;/h6-11,14H,3-5,12-13,15H2,1-2H3,(H,24,25)(H2,21,22,23);1H. The number of anilines is 1. The number of furan rings is 1. The van der Waals surface area contributed by atoms with Gasteiger partial charge in [0.15, 0.2) is 11.7 Å². The first kappa shape index (κ1) is 24.0. The van der Waals surface area contributed by atoms with Gasteiger partial charge in [-0.2, -0.15) is 0 Å². The van der Waals surface area contributed by atoms with E-state index >= 15 is 0 Å². The number of halogens is 1. The van der Waals surface area contributed by atoms with Crippen LogP contribution in [0.15, 0.2) is 52.1 Å². The molecule has 7 nitrogen and oxygen atoms in total. The van der Waals surface area contributed by atoms with Crippen LogP contribution in [0, 0.1) is 0 Å². The number of aliphatic imine (C=N–C) groups is 1. The van der Waals surface area contributed by atoms with Gasteiger partial charge in [-0.25, -0.2) is 0 Å². The van der Waals surface area contributed by atoms with Gasteiger partial charge >= 0.3 is 0 Å². The number of hydrogen-bond donors (Lipinski definition) is 3. The number of carbonyl (C=O) groups excluding carboxylic acids is 1. The molecule has 0 radical (unpaired) electrons. The maximum Gasteiger partial charge on any atom is 0.291 e. The van der Waals surface area contributed by atoms with Crippen LogP contribution in [0.3, 0.4) is 0 Å². The second-order valence-corrected chi connectivity index (χ2v) is 5.88. The number of nitrogens with one attached hydrogen (secondary N) is 3. The van der Waals surface area contributed by atoms with E-state index in [2.05, 4.69) is 20.9 Å². The van der Waals surface area contributed by atoms with Gasteiger partial charge in [0, 0.05) is 39.0 Å². The summed E-state index contributed by atoms with van der Waals surface area (Å²) >= 11 is 0. The molecular weight excluding hydrogens is 471 g/mol. The molecule has 1 aromatic heterocycles. The van der Waals surface area contributed by atoms with Gasteiger partial charge in [-0.15, -0.1) is 24.0 Å². The van der Waals surface area contributed by atoms with Crippen molar-refractivity contribution in [2.24, 2.45) is 4.99 Å². The summed E-state index contributed by atoms with van der Waals surface area (Å²) < 4.78 is 10.4. The lowest BCUT2D eigenvalue weighted by molar-refractivity contribution is 0.0996. The molecule has 28 heavy (non-hydrogen) atoms. The minimum absolute atomic E-state index is 0. The van der Waals surface area contributed by atoms with Crippen molar-refractivity contribution in [3.63, 3.8) is 0 Å². The average molecular weight is 500 g/mol. The molecule has 1 heterocycles. The second-order valence-electron chi connectivity index (χ2n) is 5.88. The molecule has 2 rings (SSSR count). The van der Waals surface area contributed by atoms with Crippen LogP contribution in [0.5, 0.6) is 0 Å². The Morgan fingerprint density at radius 2 is 1.93 bits per heavy atom. The Bertz CT molecular complexity index is 703. The summed E-state index contributed by atoms with van der Waals surface area (Å²) in [4.78, 5) is 16.2. The zero-order valence-corrected chi connectivity index (χ0v) is 18.7. The number of ether oxygens (including phenoxy) is 1. The molecule has 1 aromatic carbocycles. The molecule has 0 spiro atoms. The summed E-state index contributed by atoms with van der Waals surface area (Å²) in [5.74, 6) is 0.790. The largest absolute Gasteiger partial charge is 0.459 e. The van der Waals surface area contributed by atoms with E-state index in [0.717, 1.165) is 49.8 Å². The first-order valence-electron chi connectivity index (χ1n) is 9.19. The molecule has 2 aromatic rings. The van der Waals surface area contributed by atoms with E-state index in [1.54, 1.807) is 19.2 Å². The summed E-state index contributed by atoms with van der Waals surface area (Å²) in [6.45, 7) is 5.06. The van der Waals surface area contributed by atoms with E-state index in [4.69, 9.17) is 9.15 Å². The second kappa shape index (κ2) is 14.0. The van der Waals surface area contributed by atoms with E-state index < -0.39 is 0 Å². The van der Waals surface area contributed by atoms with Crippen molar-refractivity contribution in [1.82, 2.24) is 10.6 Å². The number of amides is 1. The Morgan fingerprint density at radius 3 is 2.57 bits per heavy atom. The number of benzene rings is 1. The van der Waals surface area contributed by atoms with Crippen LogP contribution in [0.25, 0.3) is 0 Å². The van der Waals surface area contributed by atoms with Crippen molar-refractivity contribution < 1.29 is 13.9 Å². The Hall–Kier alpha value is -2.07. The molecular formula is C20H29IN4O3. The Kier molecular flexibility index (Phi) is 12.0. The summed E-state index contributed by atoms with van der Waals surface area (Å²) in [5, 5.41) is 9.36. The van der Waals surface area contributed by atoms with Gasteiger partial charge in [0.2, 0.25) is 0 Å². The van der Waals surface area contributed by atoms with Gasteiger partial charge in [0.25, 0.3) is 5.91 Å². The fourth-order valence-corrected chi connectivity index (χ4v) is 2.39. The number of unbranched alkanes of at least 4 members (excludes halogenated alkanes) is 1. The van der Waals surface area contributed by atoms with Gasteiger partial charge in [-0.1, -0.05) is 12.1 Å². The highest BCUT2D eigenvalue weighted by Gasteiger charge is 2.08. The SMILES string of the molecule is CCOCCCCNC(=NC)NCc1ccc(NC(=O)c2ccco2)cc1.I. The molecule has 3 N–H and O–H groups in total. The lowest BCUT2D eigenvalue weighted by Gasteiger charge is -2.12. The summed E-state index contributed by atoms with van der Waals surface area (Å²) in [5.41, 5.74) is 1.81. The highest BCUT2D eigenvalue weighted by Crippen LogP contribution is 2.11. The predicted octanol–water partition coefficient (Wildman–Crippen LogP) is 3.63. The molecule has 0 unspecified atom stereocenters. The molecule has 0 aliphatic heterocycles. The van der Waals surface area contributed by atoms with Gasteiger partial charge < -0.3 is 25.1 Å². The highest BCUT2D eigenvalue weighted by molar-refractivity contribution is 14.0. The maximum atomic E-state index is 11.9. The van der Waals surface area contributed by atoms with E-state index in [1.165, 1.54) is 6.26 Å². The maximum absolute atomic E-state index is 11.9. The Labute approximate surface area is 183 Å². The molecule has 8 heteroatoms. The van der Waals surface area contributed by atoms with Crippen LogP contribution in [-0.2, 0) is 11.3 Å². The molecule has 0 bridgehead atoms. The average Bonchev–Trinajstić information content (AvgIpc) is 3.23. The van der Waals surface area contributed by atoms with E-state index in [0.29, 0.717) is 6.54 Å². The number of guanidine groups is 1. The topological polar surface area (TPSA) is 87.9 Å². The highest BCUT2D eigenvalue weighted by atomic mass is 127. The third-order valence-electron chi connectivity index (χ3n) is 3.85. The monoisotopic (exact) mass is 500 g/mol. The van der Waals surface area contributed by atoms with E-state index in [-0.39, 0.29) is 35.6 Å².